The van der Waals surface area contributed by atoms with Gasteiger partial charge in [0, 0.05) is 11.6 Å². The molecule has 0 saturated carbocycles. The predicted octanol–water partition coefficient (Wildman–Crippen LogP) is 4.81. The highest BCUT2D eigenvalue weighted by Gasteiger charge is 2.34. The van der Waals surface area contributed by atoms with Gasteiger partial charge < -0.3 is 24.3 Å². The van der Waals surface area contributed by atoms with Gasteiger partial charge in [-0.25, -0.2) is 0 Å². The summed E-state index contributed by atoms with van der Waals surface area (Å²) in [5, 5.41) is 3.62. The Labute approximate surface area is 181 Å². The molecule has 0 saturated heterocycles. The van der Waals surface area contributed by atoms with Gasteiger partial charge in [0.1, 0.15) is 5.75 Å². The molecule has 4 rings (SSSR count). The Morgan fingerprint density at radius 1 is 1.15 bits per heavy atom. The molecule has 0 spiro atoms. The van der Waals surface area contributed by atoms with Crippen molar-refractivity contribution in [3.63, 3.8) is 0 Å². The minimum absolute atomic E-state index is 0. The molecule has 0 fully saturated rings. The molecule has 2 aliphatic heterocycles. The van der Waals surface area contributed by atoms with Crippen LogP contribution in [0.2, 0.25) is 0 Å². The Hall–Kier alpha value is -1.15. The lowest BCUT2D eigenvalue weighted by molar-refractivity contribution is 0.170. The molecule has 2 heterocycles. The average molecular weight is 522 g/mol. The third-order valence-electron chi connectivity index (χ3n) is 4.83. The molecule has 5 nitrogen and oxygen atoms in total. The lowest BCUT2D eigenvalue weighted by atomic mass is 9.89. The van der Waals surface area contributed by atoms with Gasteiger partial charge >= 0.3 is 0 Å². The Morgan fingerprint density at radius 3 is 2.63 bits per heavy atom. The van der Waals surface area contributed by atoms with Gasteiger partial charge in [-0.1, -0.05) is 6.07 Å². The van der Waals surface area contributed by atoms with Crippen molar-refractivity contribution in [2.24, 2.45) is 0 Å². The largest absolute Gasteiger partial charge is 0.496 e. The van der Waals surface area contributed by atoms with Crippen molar-refractivity contribution in [2.75, 3.05) is 27.6 Å². The van der Waals surface area contributed by atoms with Crippen LogP contribution in [0.4, 0.5) is 0 Å². The van der Waals surface area contributed by atoms with Crippen molar-refractivity contribution >= 4 is 44.3 Å². The van der Waals surface area contributed by atoms with Crippen LogP contribution in [-0.2, 0) is 12.8 Å². The van der Waals surface area contributed by atoms with Gasteiger partial charge in [-0.05, 0) is 74.5 Å². The number of fused-ring (bicyclic) bond motifs is 2. The standard InChI is InChI=1S/C19H19Br2NO4.ClH/c1-23-14-4-3-10(7-12(14)20)8-13-15-11(5-6-22-13)16(21)18-19(17(15)24-2)26-9-25-18;/h3-4,7,13,22H,5-6,8-9H2,1-2H3;1H/t13-;/m1./s1. The zero-order valence-electron chi connectivity index (χ0n) is 14.9. The van der Waals surface area contributed by atoms with Crippen molar-refractivity contribution in [3.05, 3.63) is 43.8 Å². The molecule has 1 atom stereocenters. The number of hydrogen-bond donors (Lipinski definition) is 1. The number of nitrogens with one attached hydrogen (secondary N) is 1. The van der Waals surface area contributed by atoms with Gasteiger partial charge in [0.2, 0.25) is 12.5 Å². The van der Waals surface area contributed by atoms with Crippen molar-refractivity contribution in [3.8, 4) is 23.0 Å². The minimum atomic E-state index is 0. The number of hydrogen-bond acceptors (Lipinski definition) is 5. The summed E-state index contributed by atoms with van der Waals surface area (Å²) in [6.07, 6.45) is 1.74. The van der Waals surface area contributed by atoms with E-state index in [4.69, 9.17) is 18.9 Å². The summed E-state index contributed by atoms with van der Waals surface area (Å²) in [5.74, 6) is 3.02. The van der Waals surface area contributed by atoms with Crippen LogP contribution >= 0.6 is 44.3 Å². The van der Waals surface area contributed by atoms with E-state index in [2.05, 4.69) is 49.3 Å². The maximum Gasteiger partial charge on any atom is 0.231 e. The number of benzene rings is 2. The van der Waals surface area contributed by atoms with Gasteiger partial charge in [-0.2, -0.15) is 0 Å². The third kappa shape index (κ3) is 3.62. The molecular formula is C19H20Br2ClNO4. The van der Waals surface area contributed by atoms with Crippen LogP contribution in [0.25, 0.3) is 0 Å². The van der Waals surface area contributed by atoms with Gasteiger partial charge in [0.25, 0.3) is 0 Å². The van der Waals surface area contributed by atoms with Crippen LogP contribution in [-0.4, -0.2) is 27.6 Å². The monoisotopic (exact) mass is 519 g/mol. The number of halogens is 3. The van der Waals surface area contributed by atoms with Crippen LogP contribution in [0, 0.1) is 0 Å². The second kappa shape index (κ2) is 8.47. The molecule has 2 aromatic carbocycles. The van der Waals surface area contributed by atoms with E-state index in [1.807, 2.05) is 6.07 Å². The molecule has 0 radical (unpaired) electrons. The molecule has 0 unspecified atom stereocenters. The SMILES string of the molecule is COc1ccc(C[C@H]2NCCc3c(Br)c4c(c(OC)c32)OCO4)cc1Br.Cl. The molecule has 0 aromatic heterocycles. The molecule has 0 bridgehead atoms. The molecule has 8 heteroatoms. The van der Waals surface area contributed by atoms with Crippen LogP contribution in [0.15, 0.2) is 27.1 Å². The van der Waals surface area contributed by atoms with Gasteiger partial charge in [-0.15, -0.1) is 12.4 Å². The van der Waals surface area contributed by atoms with Crippen molar-refractivity contribution in [2.45, 2.75) is 18.9 Å². The Balaban J connectivity index is 0.00000210. The molecule has 2 aliphatic rings. The molecular weight excluding hydrogens is 501 g/mol. The predicted molar refractivity (Wildman–Crippen MR) is 113 cm³/mol. The van der Waals surface area contributed by atoms with Crippen molar-refractivity contribution < 1.29 is 18.9 Å². The zero-order chi connectivity index (χ0) is 18.3. The summed E-state index contributed by atoms with van der Waals surface area (Å²) in [7, 11) is 3.35. The lowest BCUT2D eigenvalue weighted by Gasteiger charge is -2.30. The smallest absolute Gasteiger partial charge is 0.231 e. The summed E-state index contributed by atoms with van der Waals surface area (Å²) in [6.45, 7) is 1.12. The summed E-state index contributed by atoms with van der Waals surface area (Å²) >= 11 is 7.28. The Bertz CT molecular complexity index is 862. The Kier molecular flexibility index (Phi) is 6.46. The first kappa shape index (κ1) is 20.6. The van der Waals surface area contributed by atoms with E-state index >= 15 is 0 Å². The van der Waals surface area contributed by atoms with E-state index in [1.54, 1.807) is 14.2 Å². The molecule has 27 heavy (non-hydrogen) atoms. The molecule has 2 aromatic rings. The maximum absolute atomic E-state index is 5.74. The first-order valence-electron chi connectivity index (χ1n) is 8.37. The van der Waals surface area contributed by atoms with Gasteiger partial charge in [0.15, 0.2) is 11.5 Å². The number of rotatable bonds is 4. The second-order valence-corrected chi connectivity index (χ2v) is 7.88. The van der Waals surface area contributed by atoms with E-state index in [-0.39, 0.29) is 25.2 Å². The summed E-state index contributed by atoms with van der Waals surface area (Å²) in [4.78, 5) is 0. The first-order valence-corrected chi connectivity index (χ1v) is 9.96. The topological polar surface area (TPSA) is 49.0 Å². The van der Waals surface area contributed by atoms with Gasteiger partial charge in [0.05, 0.1) is 23.2 Å². The Morgan fingerprint density at radius 2 is 1.93 bits per heavy atom. The number of ether oxygens (including phenoxy) is 4. The molecule has 146 valence electrons. The van der Waals surface area contributed by atoms with E-state index in [0.717, 1.165) is 51.1 Å². The quantitative estimate of drug-likeness (QED) is 0.626. The van der Waals surface area contributed by atoms with Crippen molar-refractivity contribution in [1.82, 2.24) is 5.32 Å². The molecule has 0 aliphatic carbocycles. The highest BCUT2D eigenvalue weighted by molar-refractivity contribution is 9.11. The summed E-state index contributed by atoms with van der Waals surface area (Å²) in [6, 6.07) is 6.30. The summed E-state index contributed by atoms with van der Waals surface area (Å²) in [5.41, 5.74) is 3.57. The highest BCUT2D eigenvalue weighted by Crippen LogP contribution is 2.53. The zero-order valence-corrected chi connectivity index (χ0v) is 18.9. The average Bonchev–Trinajstić information content (AvgIpc) is 3.13. The second-order valence-electron chi connectivity index (χ2n) is 6.23. The van der Waals surface area contributed by atoms with E-state index in [1.165, 1.54) is 11.1 Å². The van der Waals surface area contributed by atoms with Gasteiger partial charge in [-0.3, -0.25) is 0 Å². The van der Waals surface area contributed by atoms with Crippen molar-refractivity contribution in [1.29, 1.82) is 0 Å². The van der Waals surface area contributed by atoms with Crippen LogP contribution in [0.5, 0.6) is 23.0 Å². The van der Waals surface area contributed by atoms with E-state index in [9.17, 15) is 0 Å². The van der Waals surface area contributed by atoms with E-state index in [0.29, 0.717) is 5.75 Å². The van der Waals surface area contributed by atoms with Crippen LogP contribution in [0.3, 0.4) is 0 Å². The third-order valence-corrected chi connectivity index (χ3v) is 6.29. The molecule has 0 amide bonds. The molecule has 1 N–H and O–H groups in total. The van der Waals surface area contributed by atoms with Crippen LogP contribution in [0.1, 0.15) is 22.7 Å². The fourth-order valence-electron chi connectivity index (χ4n) is 3.66. The summed E-state index contributed by atoms with van der Waals surface area (Å²) < 4.78 is 24.3. The fraction of sp³-hybridized carbons (Fsp3) is 0.368. The minimum Gasteiger partial charge on any atom is -0.496 e. The van der Waals surface area contributed by atoms with Crippen LogP contribution < -0.4 is 24.3 Å². The van der Waals surface area contributed by atoms with E-state index < -0.39 is 0 Å². The normalized spacial score (nSPS) is 17.1. The first-order chi connectivity index (χ1) is 12.6. The lowest BCUT2D eigenvalue weighted by Crippen LogP contribution is -2.32. The highest BCUT2D eigenvalue weighted by atomic mass is 79.9. The number of methoxy groups -OCH3 is 2. The fourth-order valence-corrected chi connectivity index (χ4v) is 4.96. The maximum atomic E-state index is 5.74.